The van der Waals surface area contributed by atoms with Gasteiger partial charge in [-0.3, -0.25) is 0 Å². The van der Waals surface area contributed by atoms with E-state index in [1.807, 2.05) is 12.1 Å². The molecule has 1 aromatic rings. The molecular formula is C16H24ClNO3. The average Bonchev–Trinajstić information content (AvgIpc) is 2.96. The van der Waals surface area contributed by atoms with Crippen molar-refractivity contribution in [2.75, 3.05) is 27.4 Å². The molecule has 5 heteroatoms. The van der Waals surface area contributed by atoms with Gasteiger partial charge in [-0.1, -0.05) is 24.6 Å². The second kappa shape index (κ2) is 7.87. The Morgan fingerprint density at radius 3 is 2.81 bits per heavy atom. The first-order valence-corrected chi connectivity index (χ1v) is 7.80. The number of ether oxygens (including phenoxy) is 3. The van der Waals surface area contributed by atoms with E-state index >= 15 is 0 Å². The van der Waals surface area contributed by atoms with E-state index in [2.05, 4.69) is 12.2 Å². The maximum atomic E-state index is 6.37. The van der Waals surface area contributed by atoms with Gasteiger partial charge in [0, 0.05) is 19.7 Å². The van der Waals surface area contributed by atoms with Crippen LogP contribution in [0.2, 0.25) is 5.02 Å². The van der Waals surface area contributed by atoms with Crippen LogP contribution in [0.25, 0.3) is 0 Å². The Morgan fingerprint density at radius 1 is 1.33 bits per heavy atom. The Bertz CT molecular complexity index is 467. The fourth-order valence-electron chi connectivity index (χ4n) is 2.84. The van der Waals surface area contributed by atoms with Crippen LogP contribution in [0.15, 0.2) is 12.1 Å². The van der Waals surface area contributed by atoms with Gasteiger partial charge >= 0.3 is 0 Å². The number of hydrogen-bond acceptors (Lipinski definition) is 4. The van der Waals surface area contributed by atoms with Crippen LogP contribution in [0, 0.1) is 5.92 Å². The molecule has 2 rings (SSSR count). The van der Waals surface area contributed by atoms with E-state index in [0.717, 1.165) is 31.6 Å². The predicted octanol–water partition coefficient (Wildman–Crippen LogP) is 3.26. The number of nitrogens with one attached hydrogen (secondary N) is 1. The van der Waals surface area contributed by atoms with Crippen LogP contribution >= 0.6 is 11.6 Å². The van der Waals surface area contributed by atoms with E-state index in [0.29, 0.717) is 35.1 Å². The molecule has 0 bridgehead atoms. The summed E-state index contributed by atoms with van der Waals surface area (Å²) in [7, 11) is 3.21. The minimum atomic E-state index is 0.387. The van der Waals surface area contributed by atoms with Crippen molar-refractivity contribution in [3.63, 3.8) is 0 Å². The van der Waals surface area contributed by atoms with Crippen molar-refractivity contribution in [3.05, 3.63) is 22.7 Å². The number of hydrogen-bond donors (Lipinski definition) is 1. The number of methoxy groups -OCH3 is 2. The third kappa shape index (κ3) is 3.82. The predicted molar refractivity (Wildman–Crippen MR) is 84.4 cm³/mol. The van der Waals surface area contributed by atoms with Crippen molar-refractivity contribution >= 4 is 11.6 Å². The summed E-state index contributed by atoms with van der Waals surface area (Å²) in [6, 6.07) is 3.86. The van der Waals surface area contributed by atoms with Crippen LogP contribution < -0.4 is 14.8 Å². The topological polar surface area (TPSA) is 39.7 Å². The molecule has 118 valence electrons. The lowest BCUT2D eigenvalue weighted by molar-refractivity contribution is 0.0872. The highest BCUT2D eigenvalue weighted by atomic mass is 35.5. The maximum absolute atomic E-state index is 6.37. The quantitative estimate of drug-likeness (QED) is 0.838. The van der Waals surface area contributed by atoms with E-state index in [1.54, 1.807) is 14.2 Å². The molecule has 1 N–H and O–H groups in total. The lowest BCUT2D eigenvalue weighted by Gasteiger charge is -2.18. The Labute approximate surface area is 131 Å². The zero-order valence-corrected chi connectivity index (χ0v) is 13.7. The van der Waals surface area contributed by atoms with Crippen molar-refractivity contribution in [3.8, 4) is 11.5 Å². The number of benzene rings is 1. The molecule has 1 fully saturated rings. The molecule has 0 aromatic heterocycles. The molecule has 4 nitrogen and oxygen atoms in total. The summed E-state index contributed by atoms with van der Waals surface area (Å²) in [4.78, 5) is 0. The second-order valence-electron chi connectivity index (χ2n) is 5.27. The molecule has 1 heterocycles. The van der Waals surface area contributed by atoms with Crippen LogP contribution in [0.4, 0.5) is 0 Å². The van der Waals surface area contributed by atoms with E-state index in [4.69, 9.17) is 25.8 Å². The standard InChI is InChI=1S/C16H24ClNO3/c1-4-13-11(7-8-21-13)9-18-10-12-5-6-14(19-2)16(20-3)15(12)17/h5-6,11,13,18H,4,7-10H2,1-3H3. The minimum Gasteiger partial charge on any atom is -0.493 e. The van der Waals surface area contributed by atoms with Crippen molar-refractivity contribution < 1.29 is 14.2 Å². The van der Waals surface area contributed by atoms with Gasteiger partial charge in [0.25, 0.3) is 0 Å². The first kappa shape index (κ1) is 16.4. The SMILES string of the molecule is CCC1OCCC1CNCc1ccc(OC)c(OC)c1Cl. The van der Waals surface area contributed by atoms with Crippen LogP contribution in [0.3, 0.4) is 0 Å². The molecule has 0 spiro atoms. The van der Waals surface area contributed by atoms with E-state index in [1.165, 1.54) is 0 Å². The van der Waals surface area contributed by atoms with Gasteiger partial charge in [-0.15, -0.1) is 0 Å². The molecule has 1 saturated heterocycles. The smallest absolute Gasteiger partial charge is 0.179 e. The number of halogens is 1. The van der Waals surface area contributed by atoms with Crippen molar-refractivity contribution in [2.24, 2.45) is 5.92 Å². The van der Waals surface area contributed by atoms with Gasteiger partial charge < -0.3 is 19.5 Å². The Kier molecular flexibility index (Phi) is 6.15. The van der Waals surface area contributed by atoms with Gasteiger partial charge in [-0.2, -0.15) is 0 Å². The summed E-state index contributed by atoms with van der Waals surface area (Å²) < 4.78 is 16.3. The molecule has 1 aliphatic heterocycles. The van der Waals surface area contributed by atoms with Gasteiger partial charge in [-0.25, -0.2) is 0 Å². The van der Waals surface area contributed by atoms with E-state index < -0.39 is 0 Å². The molecule has 0 amide bonds. The average molecular weight is 314 g/mol. The normalized spacial score (nSPS) is 21.5. The molecule has 0 saturated carbocycles. The van der Waals surface area contributed by atoms with E-state index in [9.17, 15) is 0 Å². The zero-order valence-electron chi connectivity index (χ0n) is 12.9. The molecule has 1 aliphatic rings. The number of rotatable bonds is 7. The summed E-state index contributed by atoms with van der Waals surface area (Å²) >= 11 is 6.37. The fraction of sp³-hybridized carbons (Fsp3) is 0.625. The van der Waals surface area contributed by atoms with Crippen LogP contribution in [-0.4, -0.2) is 33.5 Å². The highest BCUT2D eigenvalue weighted by molar-refractivity contribution is 6.33. The largest absolute Gasteiger partial charge is 0.493 e. The van der Waals surface area contributed by atoms with Crippen LogP contribution in [0.5, 0.6) is 11.5 Å². The molecule has 2 atom stereocenters. The van der Waals surface area contributed by atoms with Gasteiger partial charge in [0.2, 0.25) is 0 Å². The highest BCUT2D eigenvalue weighted by Gasteiger charge is 2.26. The molecule has 0 radical (unpaired) electrons. The van der Waals surface area contributed by atoms with Gasteiger partial charge in [-0.05, 0) is 30.4 Å². The summed E-state index contributed by atoms with van der Waals surface area (Å²) in [6.07, 6.45) is 2.59. The van der Waals surface area contributed by atoms with Gasteiger partial charge in [0.1, 0.15) is 0 Å². The van der Waals surface area contributed by atoms with Crippen molar-refractivity contribution in [1.82, 2.24) is 5.32 Å². The first-order chi connectivity index (χ1) is 10.2. The third-order valence-corrected chi connectivity index (χ3v) is 4.45. The lowest BCUT2D eigenvalue weighted by Crippen LogP contribution is -2.28. The minimum absolute atomic E-state index is 0.387. The second-order valence-corrected chi connectivity index (χ2v) is 5.65. The Balaban J connectivity index is 1.94. The molecule has 0 aliphatic carbocycles. The monoisotopic (exact) mass is 313 g/mol. The first-order valence-electron chi connectivity index (χ1n) is 7.42. The summed E-state index contributed by atoms with van der Waals surface area (Å²) in [5.74, 6) is 1.84. The molecule has 2 unspecified atom stereocenters. The van der Waals surface area contributed by atoms with Gasteiger partial charge in [0.15, 0.2) is 11.5 Å². The van der Waals surface area contributed by atoms with Crippen molar-refractivity contribution in [1.29, 1.82) is 0 Å². The van der Waals surface area contributed by atoms with Crippen LogP contribution in [-0.2, 0) is 11.3 Å². The van der Waals surface area contributed by atoms with Gasteiger partial charge in [0.05, 0.1) is 25.3 Å². The Morgan fingerprint density at radius 2 is 2.14 bits per heavy atom. The fourth-order valence-corrected chi connectivity index (χ4v) is 3.14. The zero-order chi connectivity index (χ0) is 15.2. The molecule has 1 aromatic carbocycles. The highest BCUT2D eigenvalue weighted by Crippen LogP contribution is 2.37. The lowest BCUT2D eigenvalue weighted by atomic mass is 9.99. The van der Waals surface area contributed by atoms with Crippen LogP contribution in [0.1, 0.15) is 25.3 Å². The third-order valence-electron chi connectivity index (χ3n) is 4.04. The van der Waals surface area contributed by atoms with Crippen molar-refractivity contribution in [2.45, 2.75) is 32.4 Å². The summed E-state index contributed by atoms with van der Waals surface area (Å²) in [6.45, 7) is 4.71. The van der Waals surface area contributed by atoms with E-state index in [-0.39, 0.29) is 0 Å². The maximum Gasteiger partial charge on any atom is 0.179 e. The Hall–Kier alpha value is -0.970. The molecule has 21 heavy (non-hydrogen) atoms. The molecular weight excluding hydrogens is 290 g/mol. The summed E-state index contributed by atoms with van der Waals surface area (Å²) in [5.41, 5.74) is 1.02. The summed E-state index contributed by atoms with van der Waals surface area (Å²) in [5, 5.41) is 4.09.